The van der Waals surface area contributed by atoms with Crippen LogP contribution in [0.25, 0.3) is 0 Å². The Morgan fingerprint density at radius 3 is 2.62 bits per heavy atom. The fourth-order valence-corrected chi connectivity index (χ4v) is 2.10. The summed E-state index contributed by atoms with van der Waals surface area (Å²) in [5, 5.41) is 8.39. The lowest BCUT2D eigenvalue weighted by atomic mass is 10.2. The molecule has 2 aromatic rings. The lowest BCUT2D eigenvalue weighted by molar-refractivity contribution is -0.137. The third kappa shape index (κ3) is 5.87. The molecule has 0 saturated carbocycles. The van der Waals surface area contributed by atoms with Gasteiger partial charge in [0.1, 0.15) is 11.6 Å². The van der Waals surface area contributed by atoms with E-state index in [0.717, 1.165) is 18.3 Å². The van der Waals surface area contributed by atoms with Crippen molar-refractivity contribution >= 4 is 23.5 Å². The molecule has 0 saturated heterocycles. The number of pyridine rings is 1. The second kappa shape index (κ2) is 8.45. The molecule has 0 aliphatic heterocycles. The molecule has 3 N–H and O–H groups in total. The Labute approximate surface area is 148 Å². The summed E-state index contributed by atoms with van der Waals surface area (Å²) in [7, 11) is 0. The average Bonchev–Trinajstić information content (AvgIpc) is 2.54. The van der Waals surface area contributed by atoms with Crippen LogP contribution >= 0.6 is 0 Å². The lowest BCUT2D eigenvalue weighted by Gasteiger charge is -2.12. The van der Waals surface area contributed by atoms with Crippen molar-refractivity contribution in [3.05, 3.63) is 35.7 Å². The third-order valence-electron chi connectivity index (χ3n) is 3.21. The number of rotatable bonds is 7. The van der Waals surface area contributed by atoms with Gasteiger partial charge in [0.15, 0.2) is 0 Å². The maximum atomic E-state index is 12.8. The second-order valence-electron chi connectivity index (χ2n) is 5.38. The standard InChI is InChI=1S/C16H19F3N6O/c1-3-20-15-23-12(5-7-21-10(2)26)9-14(25-15)24-13-8-11(4-6-22-13)16(17,18)19/h4,6,8-9H,3,5,7H2,1-2H3,(H,21,26)(H2,20,22,23,24,25). The van der Waals surface area contributed by atoms with Crippen molar-refractivity contribution in [1.82, 2.24) is 20.3 Å². The van der Waals surface area contributed by atoms with Gasteiger partial charge in [-0.1, -0.05) is 0 Å². The summed E-state index contributed by atoms with van der Waals surface area (Å²) in [6.45, 7) is 4.25. The molecule has 2 heterocycles. The quantitative estimate of drug-likeness (QED) is 0.696. The van der Waals surface area contributed by atoms with Gasteiger partial charge >= 0.3 is 6.18 Å². The summed E-state index contributed by atoms with van der Waals surface area (Å²) < 4.78 is 38.4. The fraction of sp³-hybridized carbons (Fsp3) is 0.375. The molecule has 0 atom stereocenters. The minimum atomic E-state index is -4.45. The SMILES string of the molecule is CCNc1nc(CCNC(C)=O)cc(Nc2cc(C(F)(F)F)ccn2)n1. The highest BCUT2D eigenvalue weighted by atomic mass is 19.4. The number of nitrogens with zero attached hydrogens (tertiary/aromatic N) is 3. The number of amides is 1. The van der Waals surface area contributed by atoms with E-state index in [2.05, 4.69) is 30.9 Å². The molecule has 0 radical (unpaired) electrons. The first-order chi connectivity index (χ1) is 12.3. The van der Waals surface area contributed by atoms with Gasteiger partial charge in [0, 0.05) is 44.4 Å². The van der Waals surface area contributed by atoms with Crippen LogP contribution in [0.15, 0.2) is 24.4 Å². The molecular formula is C16H19F3N6O. The van der Waals surface area contributed by atoms with Crippen LogP contribution in [0.3, 0.4) is 0 Å². The van der Waals surface area contributed by atoms with E-state index in [0.29, 0.717) is 37.0 Å². The van der Waals surface area contributed by atoms with Crippen molar-refractivity contribution in [2.45, 2.75) is 26.4 Å². The summed E-state index contributed by atoms with van der Waals surface area (Å²) in [6.07, 6.45) is -2.93. The molecule has 0 bridgehead atoms. The Balaban J connectivity index is 2.21. The Kier molecular flexibility index (Phi) is 6.31. The molecule has 0 aliphatic carbocycles. The van der Waals surface area contributed by atoms with E-state index in [-0.39, 0.29) is 11.7 Å². The monoisotopic (exact) mass is 368 g/mol. The number of carbonyl (C=O) groups excluding carboxylic acids is 1. The number of carbonyl (C=O) groups is 1. The predicted octanol–water partition coefficient (Wildman–Crippen LogP) is 2.74. The number of alkyl halides is 3. The minimum Gasteiger partial charge on any atom is -0.356 e. The van der Waals surface area contributed by atoms with Crippen molar-refractivity contribution in [2.24, 2.45) is 0 Å². The fourth-order valence-electron chi connectivity index (χ4n) is 2.10. The lowest BCUT2D eigenvalue weighted by Crippen LogP contribution is -2.23. The van der Waals surface area contributed by atoms with Crippen LogP contribution in [0, 0.1) is 0 Å². The van der Waals surface area contributed by atoms with Gasteiger partial charge in [-0.2, -0.15) is 18.2 Å². The van der Waals surface area contributed by atoms with E-state index in [9.17, 15) is 18.0 Å². The zero-order chi connectivity index (χ0) is 19.2. The first-order valence-electron chi connectivity index (χ1n) is 7.94. The summed E-state index contributed by atoms with van der Waals surface area (Å²) >= 11 is 0. The van der Waals surface area contributed by atoms with Crippen LogP contribution in [-0.2, 0) is 17.4 Å². The zero-order valence-electron chi connectivity index (χ0n) is 14.3. The first-order valence-corrected chi connectivity index (χ1v) is 7.94. The molecule has 0 unspecified atom stereocenters. The molecular weight excluding hydrogens is 349 g/mol. The van der Waals surface area contributed by atoms with Crippen LogP contribution in [0.1, 0.15) is 25.1 Å². The molecule has 26 heavy (non-hydrogen) atoms. The van der Waals surface area contributed by atoms with Gasteiger partial charge in [-0.25, -0.2) is 9.97 Å². The highest BCUT2D eigenvalue weighted by molar-refractivity contribution is 5.72. The molecule has 0 fully saturated rings. The molecule has 0 spiro atoms. The van der Waals surface area contributed by atoms with Gasteiger partial charge in [-0.15, -0.1) is 0 Å². The number of hydrogen-bond donors (Lipinski definition) is 3. The van der Waals surface area contributed by atoms with E-state index in [1.54, 1.807) is 6.07 Å². The summed E-state index contributed by atoms with van der Waals surface area (Å²) in [6, 6.07) is 3.41. The van der Waals surface area contributed by atoms with E-state index in [4.69, 9.17) is 0 Å². The molecule has 7 nitrogen and oxygen atoms in total. The van der Waals surface area contributed by atoms with E-state index < -0.39 is 11.7 Å². The van der Waals surface area contributed by atoms with Crippen LogP contribution < -0.4 is 16.0 Å². The Morgan fingerprint density at radius 1 is 1.19 bits per heavy atom. The summed E-state index contributed by atoms with van der Waals surface area (Å²) in [5.41, 5.74) is -0.180. The van der Waals surface area contributed by atoms with E-state index in [1.165, 1.54) is 6.92 Å². The van der Waals surface area contributed by atoms with Gasteiger partial charge in [0.05, 0.1) is 5.56 Å². The highest BCUT2D eigenvalue weighted by Gasteiger charge is 2.30. The number of halogens is 3. The van der Waals surface area contributed by atoms with Crippen molar-refractivity contribution in [2.75, 3.05) is 23.7 Å². The number of aromatic nitrogens is 3. The van der Waals surface area contributed by atoms with Gasteiger partial charge < -0.3 is 16.0 Å². The average molecular weight is 368 g/mol. The van der Waals surface area contributed by atoms with Crippen molar-refractivity contribution in [3.63, 3.8) is 0 Å². The topological polar surface area (TPSA) is 91.8 Å². The van der Waals surface area contributed by atoms with Gasteiger partial charge in [0.2, 0.25) is 11.9 Å². The number of anilines is 3. The minimum absolute atomic E-state index is 0.0220. The normalized spacial score (nSPS) is 11.1. The second-order valence-corrected chi connectivity index (χ2v) is 5.38. The van der Waals surface area contributed by atoms with E-state index >= 15 is 0 Å². The van der Waals surface area contributed by atoms with Gasteiger partial charge in [-0.05, 0) is 19.1 Å². The smallest absolute Gasteiger partial charge is 0.356 e. The highest BCUT2D eigenvalue weighted by Crippen LogP contribution is 2.30. The van der Waals surface area contributed by atoms with Crippen LogP contribution in [0.4, 0.5) is 30.8 Å². The molecule has 0 aromatic carbocycles. The van der Waals surface area contributed by atoms with Gasteiger partial charge in [-0.3, -0.25) is 4.79 Å². The maximum absolute atomic E-state index is 12.8. The van der Waals surface area contributed by atoms with Crippen LogP contribution in [-0.4, -0.2) is 33.9 Å². The van der Waals surface area contributed by atoms with Crippen molar-refractivity contribution in [3.8, 4) is 0 Å². The largest absolute Gasteiger partial charge is 0.416 e. The van der Waals surface area contributed by atoms with Crippen molar-refractivity contribution in [1.29, 1.82) is 0 Å². The molecule has 1 amide bonds. The zero-order valence-corrected chi connectivity index (χ0v) is 14.3. The third-order valence-corrected chi connectivity index (χ3v) is 3.21. The Morgan fingerprint density at radius 2 is 1.96 bits per heavy atom. The number of nitrogens with one attached hydrogen (secondary N) is 3. The van der Waals surface area contributed by atoms with E-state index in [1.807, 2.05) is 6.92 Å². The molecule has 2 aromatic heterocycles. The summed E-state index contributed by atoms with van der Waals surface area (Å²) in [4.78, 5) is 23.4. The Hall–Kier alpha value is -2.91. The maximum Gasteiger partial charge on any atom is 0.416 e. The van der Waals surface area contributed by atoms with Gasteiger partial charge in [0.25, 0.3) is 0 Å². The molecule has 10 heteroatoms. The van der Waals surface area contributed by atoms with Crippen LogP contribution in [0.5, 0.6) is 0 Å². The first kappa shape index (κ1) is 19.4. The molecule has 0 aliphatic rings. The number of hydrogen-bond acceptors (Lipinski definition) is 6. The molecule has 2 rings (SSSR count). The molecule has 140 valence electrons. The van der Waals surface area contributed by atoms with Crippen molar-refractivity contribution < 1.29 is 18.0 Å². The summed E-state index contributed by atoms with van der Waals surface area (Å²) in [5.74, 6) is 0.508. The predicted molar refractivity (Wildman–Crippen MR) is 91.1 cm³/mol. The Bertz CT molecular complexity index is 766. The van der Waals surface area contributed by atoms with Crippen LogP contribution in [0.2, 0.25) is 0 Å².